The second-order valence-corrected chi connectivity index (χ2v) is 6.75. The van der Waals surface area contributed by atoms with E-state index in [2.05, 4.69) is 15.9 Å². The van der Waals surface area contributed by atoms with Crippen molar-refractivity contribution < 1.29 is 19.0 Å². The van der Waals surface area contributed by atoms with Crippen molar-refractivity contribution in [1.82, 2.24) is 0 Å². The number of rotatable bonds is 1. The van der Waals surface area contributed by atoms with E-state index in [0.29, 0.717) is 32.1 Å². The van der Waals surface area contributed by atoms with Crippen LogP contribution in [0.4, 0.5) is 5.69 Å². The lowest BCUT2D eigenvalue weighted by molar-refractivity contribution is -0.145. The molecule has 2 aliphatic rings. The predicted molar refractivity (Wildman–Crippen MR) is 81.8 cm³/mol. The molecule has 21 heavy (non-hydrogen) atoms. The molecule has 1 amide bonds. The highest BCUT2D eigenvalue weighted by Crippen LogP contribution is 2.39. The van der Waals surface area contributed by atoms with E-state index in [0.717, 1.165) is 10.2 Å². The van der Waals surface area contributed by atoms with Gasteiger partial charge in [-0.15, -0.1) is 0 Å². The molecular weight excluding hydrogens is 338 g/mol. The fourth-order valence-electron chi connectivity index (χ4n) is 2.59. The molecule has 1 aromatic rings. The number of fused-ring (bicyclic) bond motifs is 1. The van der Waals surface area contributed by atoms with E-state index in [1.807, 2.05) is 32.0 Å². The Morgan fingerprint density at radius 2 is 2.19 bits per heavy atom. The molecule has 0 saturated carbocycles. The van der Waals surface area contributed by atoms with E-state index in [9.17, 15) is 4.79 Å². The third kappa shape index (κ3) is 3.07. The van der Waals surface area contributed by atoms with Crippen molar-refractivity contribution in [3.63, 3.8) is 0 Å². The molecule has 1 fully saturated rings. The zero-order valence-corrected chi connectivity index (χ0v) is 13.7. The molecule has 6 heteroatoms. The Morgan fingerprint density at radius 3 is 2.90 bits per heavy atom. The van der Waals surface area contributed by atoms with Gasteiger partial charge in [-0.05, 0) is 32.0 Å². The number of hydrogen-bond acceptors (Lipinski definition) is 4. The summed E-state index contributed by atoms with van der Waals surface area (Å²) in [6, 6.07) is 5.67. The number of nitrogens with zero attached hydrogens (tertiary/aromatic N) is 1. The molecule has 0 N–H and O–H groups in total. The molecular formula is C15H18BrNO4. The summed E-state index contributed by atoms with van der Waals surface area (Å²) in [5, 5.41) is 0. The maximum atomic E-state index is 12.7. The van der Waals surface area contributed by atoms with Gasteiger partial charge in [0, 0.05) is 4.47 Å². The Bertz CT molecular complexity index is 555. The Kier molecular flexibility index (Phi) is 3.94. The minimum atomic E-state index is -0.538. The lowest BCUT2D eigenvalue weighted by Crippen LogP contribution is -2.54. The van der Waals surface area contributed by atoms with Crippen molar-refractivity contribution in [1.29, 1.82) is 0 Å². The monoisotopic (exact) mass is 355 g/mol. The Balaban J connectivity index is 1.92. The smallest absolute Gasteiger partial charge is 0.258 e. The first kappa shape index (κ1) is 14.8. The highest BCUT2D eigenvalue weighted by molar-refractivity contribution is 9.10. The van der Waals surface area contributed by atoms with Crippen LogP contribution in [-0.2, 0) is 14.3 Å². The first-order chi connectivity index (χ1) is 9.96. The van der Waals surface area contributed by atoms with Crippen LogP contribution >= 0.6 is 15.9 Å². The summed E-state index contributed by atoms with van der Waals surface area (Å²) in [5.74, 6) is 0.625. The van der Waals surface area contributed by atoms with Gasteiger partial charge in [-0.3, -0.25) is 4.79 Å². The molecule has 0 aliphatic carbocycles. The van der Waals surface area contributed by atoms with Crippen LogP contribution in [0, 0.1) is 0 Å². The van der Waals surface area contributed by atoms with E-state index in [-0.39, 0.29) is 5.91 Å². The molecule has 0 spiro atoms. The van der Waals surface area contributed by atoms with Crippen molar-refractivity contribution in [2.45, 2.75) is 25.6 Å². The molecule has 1 saturated heterocycles. The highest BCUT2D eigenvalue weighted by Gasteiger charge is 2.38. The second-order valence-electron chi connectivity index (χ2n) is 5.83. The van der Waals surface area contributed by atoms with Gasteiger partial charge >= 0.3 is 0 Å². The van der Waals surface area contributed by atoms with E-state index >= 15 is 0 Å². The van der Waals surface area contributed by atoms with Gasteiger partial charge in [0.25, 0.3) is 5.91 Å². The summed E-state index contributed by atoms with van der Waals surface area (Å²) < 4.78 is 17.8. The summed E-state index contributed by atoms with van der Waals surface area (Å²) in [6.45, 7) is 5.73. The topological polar surface area (TPSA) is 48.0 Å². The molecule has 2 heterocycles. The van der Waals surface area contributed by atoms with E-state index < -0.39 is 11.7 Å². The molecule has 0 bridgehead atoms. The minimum absolute atomic E-state index is 0.0744. The Morgan fingerprint density at radius 1 is 1.38 bits per heavy atom. The average Bonchev–Trinajstić information content (AvgIpc) is 2.45. The largest absolute Gasteiger partial charge is 0.484 e. The fourth-order valence-corrected chi connectivity index (χ4v) is 2.93. The van der Waals surface area contributed by atoms with Crippen molar-refractivity contribution in [3.8, 4) is 5.75 Å². The zero-order chi connectivity index (χ0) is 15.0. The van der Waals surface area contributed by atoms with Crippen LogP contribution < -0.4 is 9.64 Å². The van der Waals surface area contributed by atoms with Crippen LogP contribution in [0.15, 0.2) is 22.7 Å². The minimum Gasteiger partial charge on any atom is -0.484 e. The van der Waals surface area contributed by atoms with Gasteiger partial charge in [0.2, 0.25) is 0 Å². The van der Waals surface area contributed by atoms with Crippen LogP contribution in [-0.4, -0.2) is 44.0 Å². The quantitative estimate of drug-likeness (QED) is 0.775. The third-order valence-electron chi connectivity index (χ3n) is 3.50. The molecule has 0 radical (unpaired) electrons. The number of benzene rings is 1. The van der Waals surface area contributed by atoms with Gasteiger partial charge in [-0.2, -0.15) is 0 Å². The van der Waals surface area contributed by atoms with Gasteiger partial charge in [-0.1, -0.05) is 15.9 Å². The summed E-state index contributed by atoms with van der Waals surface area (Å²) >= 11 is 3.43. The van der Waals surface area contributed by atoms with Gasteiger partial charge < -0.3 is 19.1 Å². The van der Waals surface area contributed by atoms with Crippen molar-refractivity contribution in [3.05, 3.63) is 22.7 Å². The average molecular weight is 356 g/mol. The maximum Gasteiger partial charge on any atom is 0.258 e. The van der Waals surface area contributed by atoms with Gasteiger partial charge in [0.05, 0.1) is 32.1 Å². The molecule has 0 aromatic heterocycles. The number of anilines is 1. The zero-order valence-electron chi connectivity index (χ0n) is 12.1. The molecule has 5 nitrogen and oxygen atoms in total. The van der Waals surface area contributed by atoms with E-state index in [1.54, 1.807) is 4.90 Å². The second kappa shape index (κ2) is 5.59. The van der Waals surface area contributed by atoms with Crippen molar-refractivity contribution >= 4 is 27.5 Å². The number of halogens is 1. The van der Waals surface area contributed by atoms with E-state index in [1.165, 1.54) is 0 Å². The summed E-state index contributed by atoms with van der Waals surface area (Å²) in [6.07, 6.45) is -0.538. The summed E-state index contributed by atoms with van der Waals surface area (Å²) in [4.78, 5) is 14.5. The summed E-state index contributed by atoms with van der Waals surface area (Å²) in [5.41, 5.74) is 0.329. The van der Waals surface area contributed by atoms with Gasteiger partial charge in [0.1, 0.15) is 11.4 Å². The SMILES string of the molecule is CC1(C)CN(C(=O)C2COCCO2)c2ccc(Br)cc2O1. The molecule has 1 aromatic carbocycles. The Labute approximate surface area is 132 Å². The first-order valence-corrected chi connectivity index (χ1v) is 7.75. The van der Waals surface area contributed by atoms with Crippen molar-refractivity contribution in [2.24, 2.45) is 0 Å². The maximum absolute atomic E-state index is 12.7. The Hall–Kier alpha value is -1.11. The number of hydrogen-bond donors (Lipinski definition) is 0. The predicted octanol–water partition coefficient (Wildman–Crippen LogP) is 2.37. The van der Waals surface area contributed by atoms with Gasteiger partial charge in [0.15, 0.2) is 6.10 Å². The standard InChI is InChI=1S/C15H18BrNO4/c1-15(2)9-17(14(18)13-8-19-5-6-20-13)11-4-3-10(16)7-12(11)21-15/h3-4,7,13H,5-6,8-9H2,1-2H3. The molecule has 1 unspecified atom stereocenters. The van der Waals surface area contributed by atoms with Crippen LogP contribution in [0.3, 0.4) is 0 Å². The normalized spacial score (nSPS) is 24.1. The summed E-state index contributed by atoms with van der Waals surface area (Å²) in [7, 11) is 0. The first-order valence-electron chi connectivity index (χ1n) is 6.96. The number of ether oxygens (including phenoxy) is 3. The van der Waals surface area contributed by atoms with Crippen LogP contribution in [0.2, 0.25) is 0 Å². The van der Waals surface area contributed by atoms with Crippen LogP contribution in [0.25, 0.3) is 0 Å². The number of carbonyl (C=O) groups excluding carboxylic acids is 1. The molecule has 2 aliphatic heterocycles. The molecule has 3 rings (SSSR count). The van der Waals surface area contributed by atoms with Crippen LogP contribution in [0.1, 0.15) is 13.8 Å². The number of amides is 1. The van der Waals surface area contributed by atoms with Crippen molar-refractivity contribution in [2.75, 3.05) is 31.3 Å². The highest BCUT2D eigenvalue weighted by atomic mass is 79.9. The molecule has 114 valence electrons. The lowest BCUT2D eigenvalue weighted by Gasteiger charge is -2.41. The lowest BCUT2D eigenvalue weighted by atomic mass is 10.0. The van der Waals surface area contributed by atoms with E-state index in [4.69, 9.17) is 14.2 Å². The number of carbonyl (C=O) groups is 1. The third-order valence-corrected chi connectivity index (χ3v) is 3.99. The van der Waals surface area contributed by atoms with Crippen LogP contribution in [0.5, 0.6) is 5.75 Å². The van der Waals surface area contributed by atoms with Gasteiger partial charge in [-0.25, -0.2) is 0 Å². The fraction of sp³-hybridized carbons (Fsp3) is 0.533. The molecule has 1 atom stereocenters.